The van der Waals surface area contributed by atoms with E-state index < -0.39 is 5.41 Å². The molecule has 318 valence electrons. The van der Waals surface area contributed by atoms with Gasteiger partial charge in [-0.25, -0.2) is 4.98 Å². The van der Waals surface area contributed by atoms with Crippen LogP contribution in [0.4, 0.5) is 0 Å². The summed E-state index contributed by atoms with van der Waals surface area (Å²) in [4.78, 5) is 14.2. The zero-order valence-electron chi connectivity index (χ0n) is 37.0. The number of rotatable bonds is 8. The highest BCUT2D eigenvalue weighted by Gasteiger charge is 2.46. The molecule has 0 bridgehead atoms. The average molecular weight is 867 g/mol. The summed E-state index contributed by atoms with van der Waals surface area (Å²) in [5.41, 5.74) is 20.7. The van der Waals surface area contributed by atoms with Crippen molar-refractivity contribution < 1.29 is 0 Å². The van der Waals surface area contributed by atoms with E-state index in [2.05, 4.69) is 216 Å². The standard InChI is InChI=1S/C64H42N4/c1-3-16-49(17-4-1)64(50-18-5-2-6-19-50)56-40-46(43-28-30-44(31-29-43)48-36-38-66-61(42-48)60-25-14-24-59(67-60)58-23-11-12-37-65-58)32-34-52(56)53-35-33-47(41-57(53)64)45-15-13-20-51(39-45)68-62-26-9-7-21-54(62)55-22-8-10-27-63(55)68/h1-42H. The maximum absolute atomic E-state index is 4.93. The average Bonchev–Trinajstić information content (AvgIpc) is 3.92. The normalized spacial score (nSPS) is 12.5. The number of hydrogen-bond donors (Lipinski definition) is 0. The second-order valence-electron chi connectivity index (χ2n) is 17.6. The maximum Gasteiger partial charge on any atom is 0.0894 e. The molecule has 0 saturated heterocycles. The molecule has 0 atom stereocenters. The molecule has 13 rings (SSSR count). The van der Waals surface area contributed by atoms with Gasteiger partial charge in [-0.2, -0.15) is 0 Å². The van der Waals surface area contributed by atoms with Crippen molar-refractivity contribution in [3.05, 3.63) is 277 Å². The van der Waals surface area contributed by atoms with Crippen LogP contribution < -0.4 is 0 Å². The van der Waals surface area contributed by atoms with Crippen molar-refractivity contribution in [3.63, 3.8) is 0 Å². The number of benzene rings is 8. The van der Waals surface area contributed by atoms with Gasteiger partial charge in [0.05, 0.1) is 39.2 Å². The van der Waals surface area contributed by atoms with Gasteiger partial charge in [-0.15, -0.1) is 0 Å². The summed E-state index contributed by atoms with van der Waals surface area (Å²) in [6.45, 7) is 0. The van der Waals surface area contributed by atoms with Crippen molar-refractivity contribution >= 4 is 21.8 Å². The predicted octanol–water partition coefficient (Wildman–Crippen LogP) is 15.7. The van der Waals surface area contributed by atoms with Crippen molar-refractivity contribution in [2.75, 3.05) is 0 Å². The molecule has 4 nitrogen and oxygen atoms in total. The predicted molar refractivity (Wildman–Crippen MR) is 279 cm³/mol. The van der Waals surface area contributed by atoms with Crippen LogP contribution in [0.15, 0.2) is 255 Å². The minimum Gasteiger partial charge on any atom is -0.309 e. The summed E-state index contributed by atoms with van der Waals surface area (Å²) in [5.74, 6) is 0. The van der Waals surface area contributed by atoms with Crippen molar-refractivity contribution in [3.8, 4) is 73.0 Å². The van der Waals surface area contributed by atoms with Crippen LogP contribution in [0.3, 0.4) is 0 Å². The fourth-order valence-electron chi connectivity index (χ4n) is 10.7. The molecule has 4 heterocycles. The summed E-state index contributed by atoms with van der Waals surface area (Å²) >= 11 is 0. The van der Waals surface area contributed by atoms with Gasteiger partial charge in [-0.3, -0.25) is 9.97 Å². The van der Waals surface area contributed by atoms with E-state index in [1.807, 2.05) is 42.6 Å². The molecule has 12 aromatic rings. The first-order valence-electron chi connectivity index (χ1n) is 23.2. The Morgan fingerprint density at radius 2 is 0.794 bits per heavy atom. The maximum atomic E-state index is 4.93. The van der Waals surface area contributed by atoms with Crippen molar-refractivity contribution in [1.82, 2.24) is 19.5 Å². The first-order valence-corrected chi connectivity index (χ1v) is 23.2. The molecule has 0 amide bonds. The van der Waals surface area contributed by atoms with Crippen LogP contribution in [-0.4, -0.2) is 19.5 Å². The second-order valence-corrected chi connectivity index (χ2v) is 17.6. The lowest BCUT2D eigenvalue weighted by Gasteiger charge is -2.34. The van der Waals surface area contributed by atoms with Crippen molar-refractivity contribution in [1.29, 1.82) is 0 Å². The molecule has 68 heavy (non-hydrogen) atoms. The Bertz CT molecular complexity index is 3740. The van der Waals surface area contributed by atoms with Crippen LogP contribution >= 0.6 is 0 Å². The molecule has 1 aliphatic carbocycles. The number of para-hydroxylation sites is 2. The van der Waals surface area contributed by atoms with Crippen LogP contribution in [0.2, 0.25) is 0 Å². The molecular weight excluding hydrogens is 825 g/mol. The summed E-state index contributed by atoms with van der Waals surface area (Å²) in [6.07, 6.45) is 3.66. The highest BCUT2D eigenvalue weighted by Crippen LogP contribution is 2.57. The smallest absolute Gasteiger partial charge is 0.0894 e. The van der Waals surface area contributed by atoms with E-state index in [0.717, 1.165) is 45.2 Å². The number of fused-ring (bicyclic) bond motifs is 6. The summed E-state index contributed by atoms with van der Waals surface area (Å²) in [5, 5.41) is 2.52. The Labute approximate surface area is 395 Å². The molecule has 0 aliphatic heterocycles. The van der Waals surface area contributed by atoms with Crippen molar-refractivity contribution in [2.45, 2.75) is 5.41 Å². The summed E-state index contributed by atoms with van der Waals surface area (Å²) in [7, 11) is 0. The second kappa shape index (κ2) is 16.2. The molecule has 0 fully saturated rings. The molecule has 0 unspecified atom stereocenters. The number of pyridine rings is 3. The summed E-state index contributed by atoms with van der Waals surface area (Å²) < 4.78 is 2.40. The van der Waals surface area contributed by atoms with Gasteiger partial charge in [0.15, 0.2) is 0 Å². The first-order chi connectivity index (χ1) is 33.7. The fourth-order valence-corrected chi connectivity index (χ4v) is 10.7. The third-order valence-corrected chi connectivity index (χ3v) is 13.8. The molecular formula is C64H42N4. The lowest BCUT2D eigenvalue weighted by atomic mass is 9.67. The number of nitrogens with zero attached hydrogens (tertiary/aromatic N) is 4. The molecule has 0 spiro atoms. The third kappa shape index (κ3) is 6.41. The van der Waals surface area contributed by atoms with Gasteiger partial charge in [-0.05, 0) is 140 Å². The Balaban J connectivity index is 0.908. The molecule has 4 heteroatoms. The Morgan fingerprint density at radius 1 is 0.309 bits per heavy atom. The number of hydrogen-bond acceptors (Lipinski definition) is 3. The molecule has 0 saturated carbocycles. The summed E-state index contributed by atoms with van der Waals surface area (Å²) in [6, 6.07) is 87.8. The van der Waals surface area contributed by atoms with Gasteiger partial charge in [0.2, 0.25) is 0 Å². The topological polar surface area (TPSA) is 43.6 Å². The number of aromatic nitrogens is 4. The molecule has 4 aromatic heterocycles. The van der Waals surface area contributed by atoms with Gasteiger partial charge in [0.1, 0.15) is 0 Å². The lowest BCUT2D eigenvalue weighted by molar-refractivity contribution is 0.769. The first kappa shape index (κ1) is 39.4. The van der Waals surface area contributed by atoms with Crippen LogP contribution in [0.25, 0.3) is 94.8 Å². The zero-order valence-corrected chi connectivity index (χ0v) is 37.0. The monoisotopic (exact) mass is 866 g/mol. The highest BCUT2D eigenvalue weighted by molar-refractivity contribution is 6.09. The van der Waals surface area contributed by atoms with Gasteiger partial charge in [-0.1, -0.05) is 170 Å². The van der Waals surface area contributed by atoms with E-state index >= 15 is 0 Å². The van der Waals surface area contributed by atoms with Crippen LogP contribution in [0.5, 0.6) is 0 Å². The van der Waals surface area contributed by atoms with E-state index in [4.69, 9.17) is 9.97 Å². The fraction of sp³-hybridized carbons (Fsp3) is 0.0156. The molecule has 1 aliphatic rings. The molecule has 0 N–H and O–H groups in total. The van der Waals surface area contributed by atoms with Crippen LogP contribution in [0.1, 0.15) is 22.3 Å². The van der Waals surface area contributed by atoms with E-state index in [1.54, 1.807) is 6.20 Å². The van der Waals surface area contributed by atoms with Gasteiger partial charge >= 0.3 is 0 Å². The SMILES string of the molecule is c1ccc(C2(c3ccccc3)c3cc(-c4ccc(-c5ccnc(-c6cccc(-c7ccccn7)n6)c5)cc4)ccc3-c3ccc(-c4cccc(-n5c6ccccc6c6ccccc65)c4)cc32)cc1. The third-order valence-electron chi connectivity index (χ3n) is 13.8. The minimum atomic E-state index is -0.570. The zero-order chi connectivity index (χ0) is 45.0. The molecule has 0 radical (unpaired) electrons. The largest absolute Gasteiger partial charge is 0.309 e. The van der Waals surface area contributed by atoms with Gasteiger partial charge in [0, 0.05) is 28.9 Å². The van der Waals surface area contributed by atoms with E-state index in [0.29, 0.717) is 0 Å². The van der Waals surface area contributed by atoms with E-state index in [-0.39, 0.29) is 0 Å². The van der Waals surface area contributed by atoms with Crippen molar-refractivity contribution in [2.24, 2.45) is 0 Å². The Kier molecular flexibility index (Phi) is 9.36. The van der Waals surface area contributed by atoms with E-state index in [9.17, 15) is 0 Å². The quantitative estimate of drug-likeness (QED) is 0.153. The highest BCUT2D eigenvalue weighted by atomic mass is 15.0. The van der Waals surface area contributed by atoms with Crippen LogP contribution in [-0.2, 0) is 5.41 Å². The van der Waals surface area contributed by atoms with Gasteiger partial charge < -0.3 is 4.57 Å². The van der Waals surface area contributed by atoms with Gasteiger partial charge in [0.25, 0.3) is 0 Å². The lowest BCUT2D eigenvalue weighted by Crippen LogP contribution is -2.28. The minimum absolute atomic E-state index is 0.570. The Morgan fingerprint density at radius 3 is 1.41 bits per heavy atom. The van der Waals surface area contributed by atoms with Crippen LogP contribution in [0, 0.1) is 0 Å². The van der Waals surface area contributed by atoms with E-state index in [1.165, 1.54) is 71.9 Å². The molecule has 8 aromatic carbocycles. The Hall–Kier alpha value is -8.99.